The summed E-state index contributed by atoms with van der Waals surface area (Å²) in [5.74, 6) is 0. The van der Waals surface area contributed by atoms with Crippen LogP contribution in [0.1, 0.15) is 6.92 Å². The maximum atomic E-state index is 10.4. The van der Waals surface area contributed by atoms with E-state index in [4.69, 9.17) is 0 Å². The van der Waals surface area contributed by atoms with Gasteiger partial charge >= 0.3 is 0 Å². The molecule has 1 unspecified atom stereocenters. The summed E-state index contributed by atoms with van der Waals surface area (Å²) in [6.07, 6.45) is 1.29. The fourth-order valence-corrected chi connectivity index (χ4v) is 0.960. The number of hydrogen-bond donors (Lipinski definition) is 1. The van der Waals surface area contributed by atoms with E-state index in [0.29, 0.717) is 0 Å². The molecule has 0 aliphatic heterocycles. The van der Waals surface area contributed by atoms with Gasteiger partial charge in [0.25, 0.3) is 0 Å². The van der Waals surface area contributed by atoms with Gasteiger partial charge in [-0.15, -0.1) is 0 Å². The molecule has 0 saturated heterocycles. The van der Waals surface area contributed by atoms with Crippen LogP contribution in [0.5, 0.6) is 0 Å². The Morgan fingerprint density at radius 3 is 2.62 bits per heavy atom. The molecule has 0 spiro atoms. The number of carbonyl (C=O) groups excluding carboxylic acids is 1. The van der Waals surface area contributed by atoms with Crippen molar-refractivity contribution in [3.05, 3.63) is 12.7 Å². The lowest BCUT2D eigenvalue weighted by atomic mass is 10.7. The molecule has 1 atom stereocenters. The Bertz CT molecular complexity index is 98.6. The second kappa shape index (κ2) is 4.04. The average molecular weight is 148 g/mol. The molecule has 0 rings (SSSR count). The first-order valence-electron chi connectivity index (χ1n) is 2.18. The minimum Gasteiger partial charge on any atom is -0.282 e. The third kappa shape index (κ3) is 4.27. The predicted octanol–water partition coefficient (Wildman–Crippen LogP) is 1.71. The zero-order valence-corrected chi connectivity index (χ0v) is 6.34. The number of thioether (sulfide) groups is 1. The fourth-order valence-electron chi connectivity index (χ4n) is 0.216. The van der Waals surface area contributed by atoms with E-state index in [9.17, 15) is 4.79 Å². The molecule has 0 heterocycles. The molecule has 0 fully saturated rings. The lowest BCUT2D eigenvalue weighted by molar-refractivity contribution is -0.107. The lowest BCUT2D eigenvalue weighted by Gasteiger charge is -1.95. The summed E-state index contributed by atoms with van der Waals surface area (Å²) in [5, 5.41) is -0.0208. The standard InChI is InChI=1S/C5H8OS2/c1-3-5(6)8-4(2)7/h3-4,7H,1H2,2H3. The van der Waals surface area contributed by atoms with Gasteiger partial charge in [-0.25, -0.2) is 0 Å². The van der Waals surface area contributed by atoms with Crippen LogP contribution in [0.15, 0.2) is 12.7 Å². The Hall–Kier alpha value is 0.110. The van der Waals surface area contributed by atoms with E-state index in [1.807, 2.05) is 6.92 Å². The monoisotopic (exact) mass is 148 g/mol. The second-order valence-electron chi connectivity index (χ2n) is 1.24. The number of carbonyl (C=O) groups is 1. The summed E-state index contributed by atoms with van der Waals surface area (Å²) < 4.78 is 0.0699. The Balaban J connectivity index is 3.39. The topological polar surface area (TPSA) is 17.1 Å². The van der Waals surface area contributed by atoms with E-state index in [0.717, 1.165) is 11.8 Å². The molecular weight excluding hydrogens is 140 g/mol. The van der Waals surface area contributed by atoms with Gasteiger partial charge in [0.15, 0.2) is 0 Å². The second-order valence-corrected chi connectivity index (χ2v) is 3.71. The summed E-state index contributed by atoms with van der Waals surface area (Å²) >= 11 is 5.15. The SMILES string of the molecule is C=CC(=O)SC(C)S. The van der Waals surface area contributed by atoms with Crippen molar-refractivity contribution < 1.29 is 4.79 Å². The van der Waals surface area contributed by atoms with Crippen LogP contribution in [0.4, 0.5) is 0 Å². The van der Waals surface area contributed by atoms with Crippen LogP contribution in [0.25, 0.3) is 0 Å². The molecule has 0 N–H and O–H groups in total. The quantitative estimate of drug-likeness (QED) is 0.365. The highest BCUT2D eigenvalue weighted by atomic mass is 32.2. The Morgan fingerprint density at radius 2 is 2.50 bits per heavy atom. The van der Waals surface area contributed by atoms with Crippen LogP contribution >= 0.6 is 24.4 Å². The van der Waals surface area contributed by atoms with Crippen LogP contribution < -0.4 is 0 Å². The van der Waals surface area contributed by atoms with Crippen molar-refractivity contribution in [2.45, 2.75) is 11.5 Å². The van der Waals surface area contributed by atoms with Crippen molar-refractivity contribution in [2.24, 2.45) is 0 Å². The maximum Gasteiger partial charge on any atom is 0.212 e. The van der Waals surface area contributed by atoms with Gasteiger partial charge in [0, 0.05) is 0 Å². The third-order valence-corrected chi connectivity index (χ3v) is 1.51. The van der Waals surface area contributed by atoms with Crippen LogP contribution in [-0.4, -0.2) is 9.70 Å². The summed E-state index contributed by atoms with van der Waals surface area (Å²) in [5.41, 5.74) is 0. The van der Waals surface area contributed by atoms with E-state index in [2.05, 4.69) is 19.2 Å². The van der Waals surface area contributed by atoms with Crippen molar-refractivity contribution in [1.29, 1.82) is 0 Å². The largest absolute Gasteiger partial charge is 0.282 e. The zero-order valence-electron chi connectivity index (χ0n) is 4.63. The smallest absolute Gasteiger partial charge is 0.212 e. The molecule has 0 aromatic heterocycles. The van der Waals surface area contributed by atoms with Gasteiger partial charge in [-0.1, -0.05) is 18.3 Å². The maximum absolute atomic E-state index is 10.4. The molecule has 0 aliphatic rings. The minimum absolute atomic E-state index is 0.0208. The van der Waals surface area contributed by atoms with Gasteiger partial charge in [-0.05, 0) is 13.0 Å². The van der Waals surface area contributed by atoms with Crippen molar-refractivity contribution in [3.63, 3.8) is 0 Å². The van der Waals surface area contributed by atoms with Crippen LogP contribution in [0, 0.1) is 0 Å². The highest BCUT2D eigenvalue weighted by Crippen LogP contribution is 2.13. The summed E-state index contributed by atoms with van der Waals surface area (Å²) in [4.78, 5) is 10.4. The highest BCUT2D eigenvalue weighted by Gasteiger charge is 1.99. The lowest BCUT2D eigenvalue weighted by Crippen LogP contribution is -1.89. The van der Waals surface area contributed by atoms with Crippen molar-refractivity contribution in [3.8, 4) is 0 Å². The van der Waals surface area contributed by atoms with Gasteiger partial charge in [-0.2, -0.15) is 12.6 Å². The molecule has 0 aromatic rings. The third-order valence-electron chi connectivity index (χ3n) is 0.453. The highest BCUT2D eigenvalue weighted by molar-refractivity contribution is 8.21. The number of hydrogen-bond acceptors (Lipinski definition) is 3. The molecule has 0 amide bonds. The van der Waals surface area contributed by atoms with Gasteiger partial charge in [0.2, 0.25) is 5.12 Å². The molecule has 0 saturated carbocycles. The zero-order chi connectivity index (χ0) is 6.57. The van der Waals surface area contributed by atoms with E-state index >= 15 is 0 Å². The Labute approximate surface area is 58.9 Å². The van der Waals surface area contributed by atoms with Crippen molar-refractivity contribution in [2.75, 3.05) is 0 Å². The minimum atomic E-state index is -0.0208. The van der Waals surface area contributed by atoms with E-state index in [1.165, 1.54) is 6.08 Å². The summed E-state index contributed by atoms with van der Waals surface area (Å²) in [6.45, 7) is 5.15. The number of rotatable bonds is 2. The average Bonchev–Trinajstić information content (AvgIpc) is 1.65. The van der Waals surface area contributed by atoms with Gasteiger partial charge < -0.3 is 0 Å². The molecule has 0 aromatic carbocycles. The van der Waals surface area contributed by atoms with Crippen LogP contribution in [0.3, 0.4) is 0 Å². The van der Waals surface area contributed by atoms with Gasteiger partial charge in [0.05, 0.1) is 4.58 Å². The summed E-state index contributed by atoms with van der Waals surface area (Å²) in [6, 6.07) is 0. The molecule has 46 valence electrons. The van der Waals surface area contributed by atoms with Gasteiger partial charge in [0.1, 0.15) is 0 Å². The van der Waals surface area contributed by atoms with E-state index < -0.39 is 0 Å². The molecule has 0 radical (unpaired) electrons. The first kappa shape index (κ1) is 8.11. The molecule has 0 bridgehead atoms. The van der Waals surface area contributed by atoms with Gasteiger partial charge in [-0.3, -0.25) is 4.79 Å². The molecule has 0 aliphatic carbocycles. The first-order chi connectivity index (χ1) is 3.66. The van der Waals surface area contributed by atoms with Crippen molar-refractivity contribution >= 4 is 29.5 Å². The molecular formula is C5H8OS2. The molecule has 1 nitrogen and oxygen atoms in total. The Morgan fingerprint density at radius 1 is 2.00 bits per heavy atom. The normalized spacial score (nSPS) is 12.8. The Kier molecular flexibility index (Phi) is 4.09. The van der Waals surface area contributed by atoms with E-state index in [1.54, 1.807) is 0 Å². The summed E-state index contributed by atoms with van der Waals surface area (Å²) in [7, 11) is 0. The number of thiol groups is 1. The fraction of sp³-hybridized carbons (Fsp3) is 0.400. The molecule has 3 heteroatoms. The van der Waals surface area contributed by atoms with Crippen LogP contribution in [0.2, 0.25) is 0 Å². The van der Waals surface area contributed by atoms with E-state index in [-0.39, 0.29) is 9.70 Å². The molecule has 8 heavy (non-hydrogen) atoms. The van der Waals surface area contributed by atoms with Crippen LogP contribution in [-0.2, 0) is 4.79 Å². The first-order valence-corrected chi connectivity index (χ1v) is 3.57. The van der Waals surface area contributed by atoms with Crippen molar-refractivity contribution in [1.82, 2.24) is 0 Å². The predicted molar refractivity (Wildman–Crippen MR) is 41.2 cm³/mol.